The Labute approximate surface area is 173 Å². The zero-order valence-electron chi connectivity index (χ0n) is 14.0. The van der Waals surface area contributed by atoms with Gasteiger partial charge in [0.15, 0.2) is 0 Å². The number of para-hydroxylation sites is 1. The maximum Gasteiger partial charge on any atom is 0.273 e. The summed E-state index contributed by atoms with van der Waals surface area (Å²) in [6.45, 7) is 1.78. The fraction of sp³-hybridized carbons (Fsp3) is 0.0588. The van der Waals surface area contributed by atoms with Crippen molar-refractivity contribution in [2.24, 2.45) is 5.10 Å². The second-order valence-electron chi connectivity index (χ2n) is 5.33. The van der Waals surface area contributed by atoms with Gasteiger partial charge in [-0.05, 0) is 58.6 Å². The van der Waals surface area contributed by atoms with Crippen molar-refractivity contribution in [2.45, 2.75) is 11.1 Å². The monoisotopic (exact) mass is 483 g/mol. The number of nitrogens with one attached hydrogen (secondary N) is 2. The zero-order valence-corrected chi connectivity index (χ0v) is 18.0. The molecule has 2 heterocycles. The summed E-state index contributed by atoms with van der Waals surface area (Å²) < 4.78 is 28.5. The third kappa shape index (κ3) is 4.83. The van der Waals surface area contributed by atoms with Crippen molar-refractivity contribution < 1.29 is 13.2 Å². The van der Waals surface area contributed by atoms with Gasteiger partial charge in [-0.15, -0.1) is 22.7 Å². The van der Waals surface area contributed by atoms with Crippen LogP contribution in [0.2, 0.25) is 0 Å². The van der Waals surface area contributed by atoms with E-state index < -0.39 is 15.9 Å². The first-order valence-electron chi connectivity index (χ1n) is 7.62. The summed E-state index contributed by atoms with van der Waals surface area (Å²) in [5, 5.41) is 5.78. The topological polar surface area (TPSA) is 87.6 Å². The molecule has 0 saturated carbocycles. The molecular formula is C17H14BrN3O3S3. The lowest BCUT2D eigenvalue weighted by molar-refractivity contribution is 0.0955. The quantitative estimate of drug-likeness (QED) is 0.398. The van der Waals surface area contributed by atoms with Gasteiger partial charge >= 0.3 is 0 Å². The molecule has 1 aromatic carbocycles. The Morgan fingerprint density at radius 1 is 1.11 bits per heavy atom. The van der Waals surface area contributed by atoms with E-state index in [1.165, 1.54) is 29.5 Å². The first-order valence-corrected chi connectivity index (χ1v) is 11.6. The van der Waals surface area contributed by atoms with Crippen molar-refractivity contribution in [3.63, 3.8) is 0 Å². The summed E-state index contributed by atoms with van der Waals surface area (Å²) in [4.78, 5) is 13.4. The van der Waals surface area contributed by atoms with Crippen molar-refractivity contribution in [3.05, 3.63) is 68.1 Å². The number of halogens is 1. The molecule has 3 aromatic rings. The van der Waals surface area contributed by atoms with E-state index in [2.05, 4.69) is 31.2 Å². The molecule has 6 nitrogen and oxygen atoms in total. The van der Waals surface area contributed by atoms with Crippen molar-refractivity contribution >= 4 is 65.9 Å². The smallest absolute Gasteiger partial charge is 0.273 e. The minimum absolute atomic E-state index is 0.176. The number of amides is 1. The molecule has 0 spiro atoms. The third-order valence-corrected chi connectivity index (χ3v) is 7.93. The summed E-state index contributed by atoms with van der Waals surface area (Å²) in [5.74, 6) is -0.505. The van der Waals surface area contributed by atoms with E-state index in [4.69, 9.17) is 0 Å². The molecule has 2 N–H and O–H groups in total. The van der Waals surface area contributed by atoms with E-state index in [1.54, 1.807) is 30.5 Å². The van der Waals surface area contributed by atoms with Gasteiger partial charge in [0.1, 0.15) is 4.21 Å². The minimum Gasteiger partial charge on any atom is -0.278 e. The van der Waals surface area contributed by atoms with Crippen LogP contribution in [0.3, 0.4) is 0 Å². The van der Waals surface area contributed by atoms with Crippen molar-refractivity contribution in [1.29, 1.82) is 0 Å². The van der Waals surface area contributed by atoms with Crippen LogP contribution in [0.25, 0.3) is 0 Å². The standard InChI is InChI=1S/C17H14BrN3O3S3/c1-11(14-8-9-15(18)26-14)19-20-17(22)12-5-2-3-6-13(12)21-27(23,24)16-7-4-10-25-16/h2-10,21H,1H3,(H,20,22). The van der Waals surface area contributed by atoms with Crippen LogP contribution >= 0.6 is 38.6 Å². The summed E-state index contributed by atoms with van der Waals surface area (Å²) in [6, 6.07) is 13.3. The molecule has 0 saturated heterocycles. The highest BCUT2D eigenvalue weighted by Crippen LogP contribution is 2.24. The van der Waals surface area contributed by atoms with Gasteiger partial charge in [-0.25, -0.2) is 13.8 Å². The molecule has 0 aliphatic carbocycles. The average Bonchev–Trinajstić information content (AvgIpc) is 3.31. The first-order chi connectivity index (χ1) is 12.9. The Morgan fingerprint density at radius 3 is 2.56 bits per heavy atom. The Bertz CT molecular complexity index is 1090. The van der Waals surface area contributed by atoms with E-state index in [9.17, 15) is 13.2 Å². The molecule has 0 bridgehead atoms. The lowest BCUT2D eigenvalue weighted by Crippen LogP contribution is -2.22. The molecule has 27 heavy (non-hydrogen) atoms. The Morgan fingerprint density at radius 2 is 1.89 bits per heavy atom. The van der Waals surface area contributed by atoms with Crippen molar-refractivity contribution in [1.82, 2.24) is 5.43 Å². The predicted molar refractivity (Wildman–Crippen MR) is 113 cm³/mol. The highest BCUT2D eigenvalue weighted by Gasteiger charge is 2.19. The number of hydrogen-bond donors (Lipinski definition) is 2. The van der Waals surface area contributed by atoms with E-state index >= 15 is 0 Å². The number of sulfonamides is 1. The van der Waals surface area contributed by atoms with Gasteiger partial charge in [0.05, 0.1) is 25.6 Å². The molecule has 0 aliphatic heterocycles. The number of hydrogen-bond acceptors (Lipinski definition) is 6. The van der Waals surface area contributed by atoms with Crippen LogP contribution in [0.4, 0.5) is 5.69 Å². The van der Waals surface area contributed by atoms with E-state index in [0.717, 1.165) is 20.0 Å². The van der Waals surface area contributed by atoms with Gasteiger partial charge in [-0.3, -0.25) is 9.52 Å². The summed E-state index contributed by atoms with van der Waals surface area (Å²) in [5.41, 5.74) is 3.50. The molecule has 2 aromatic heterocycles. The molecule has 3 rings (SSSR count). The second-order valence-corrected chi connectivity index (χ2v) is 10.6. The number of thiophene rings is 2. The van der Waals surface area contributed by atoms with Crippen LogP contribution in [0.5, 0.6) is 0 Å². The van der Waals surface area contributed by atoms with Crippen LogP contribution in [-0.2, 0) is 10.0 Å². The maximum atomic E-state index is 12.5. The summed E-state index contributed by atoms with van der Waals surface area (Å²) in [6.07, 6.45) is 0. The van der Waals surface area contributed by atoms with Gasteiger partial charge in [-0.2, -0.15) is 5.10 Å². The van der Waals surface area contributed by atoms with Crippen LogP contribution in [-0.4, -0.2) is 20.0 Å². The van der Waals surface area contributed by atoms with Gasteiger partial charge in [0, 0.05) is 0 Å². The molecule has 1 amide bonds. The number of nitrogens with zero attached hydrogens (tertiary/aromatic N) is 1. The summed E-state index contributed by atoms with van der Waals surface area (Å²) in [7, 11) is -3.75. The maximum absolute atomic E-state index is 12.5. The van der Waals surface area contributed by atoms with Gasteiger partial charge in [0.2, 0.25) is 0 Å². The van der Waals surface area contributed by atoms with Gasteiger partial charge in [-0.1, -0.05) is 18.2 Å². The van der Waals surface area contributed by atoms with Crippen LogP contribution in [0.1, 0.15) is 22.2 Å². The zero-order chi connectivity index (χ0) is 19.4. The number of carbonyl (C=O) groups excluding carboxylic acids is 1. The largest absolute Gasteiger partial charge is 0.278 e. The molecule has 0 radical (unpaired) electrons. The predicted octanol–water partition coefficient (Wildman–Crippen LogP) is 4.53. The van der Waals surface area contributed by atoms with Gasteiger partial charge < -0.3 is 0 Å². The molecule has 0 atom stereocenters. The fourth-order valence-corrected chi connectivity index (χ4v) is 5.54. The Balaban J connectivity index is 1.80. The van der Waals surface area contributed by atoms with E-state index in [-0.39, 0.29) is 15.5 Å². The molecule has 0 unspecified atom stereocenters. The van der Waals surface area contributed by atoms with E-state index in [0.29, 0.717) is 5.71 Å². The highest BCUT2D eigenvalue weighted by atomic mass is 79.9. The van der Waals surface area contributed by atoms with Crippen LogP contribution < -0.4 is 10.1 Å². The van der Waals surface area contributed by atoms with Crippen LogP contribution in [0.15, 0.2) is 67.0 Å². The van der Waals surface area contributed by atoms with Crippen LogP contribution in [0, 0.1) is 0 Å². The average molecular weight is 484 g/mol. The fourth-order valence-electron chi connectivity index (χ4n) is 2.14. The summed E-state index contributed by atoms with van der Waals surface area (Å²) >= 11 is 5.98. The number of rotatable bonds is 6. The van der Waals surface area contributed by atoms with Crippen molar-refractivity contribution in [2.75, 3.05) is 4.72 Å². The van der Waals surface area contributed by atoms with E-state index in [1.807, 2.05) is 12.1 Å². The van der Waals surface area contributed by atoms with Gasteiger partial charge in [0.25, 0.3) is 15.9 Å². The minimum atomic E-state index is -3.75. The molecular weight excluding hydrogens is 470 g/mol. The Hall–Kier alpha value is -2.01. The first kappa shape index (κ1) is 19.7. The molecule has 140 valence electrons. The van der Waals surface area contributed by atoms with Crippen molar-refractivity contribution in [3.8, 4) is 0 Å². The lowest BCUT2D eigenvalue weighted by Gasteiger charge is -2.10. The number of benzene rings is 1. The number of anilines is 1. The Kier molecular flexibility index (Phi) is 6.10. The normalized spacial score (nSPS) is 12.0. The lowest BCUT2D eigenvalue weighted by atomic mass is 10.2. The number of carbonyl (C=O) groups is 1. The second kappa shape index (κ2) is 8.34. The molecule has 10 heteroatoms. The third-order valence-electron chi connectivity index (χ3n) is 3.43. The molecule has 0 aliphatic rings. The number of hydrazone groups is 1. The highest BCUT2D eigenvalue weighted by molar-refractivity contribution is 9.11. The molecule has 0 fully saturated rings. The SMILES string of the molecule is CC(=NNC(=O)c1ccccc1NS(=O)(=O)c1cccs1)c1ccc(Br)s1.